The van der Waals surface area contributed by atoms with Gasteiger partial charge in [0.25, 0.3) is 5.91 Å². The highest BCUT2D eigenvalue weighted by Gasteiger charge is 2.42. The molecule has 11 heteroatoms. The molecule has 3 nitrogen and oxygen atoms in total. The van der Waals surface area contributed by atoms with Crippen LogP contribution in [0.15, 0.2) is 46.9 Å². The maximum atomic E-state index is 13.1. The maximum Gasteiger partial charge on any atom is 0.416 e. The number of ether oxygens (including phenoxy) is 1. The number of carbonyl (C=O) groups excluding carboxylic acids is 1. The second-order valence-electron chi connectivity index (χ2n) is 5.52. The molecule has 0 bridgehead atoms. The largest absolute Gasteiger partial charge is 0.485 e. The van der Waals surface area contributed by atoms with Gasteiger partial charge in [0.1, 0.15) is 5.75 Å². The molecule has 0 heterocycles. The lowest BCUT2D eigenvalue weighted by molar-refractivity contribution is -0.148. The van der Waals surface area contributed by atoms with Crippen LogP contribution in [0, 0.1) is 0 Å². The summed E-state index contributed by atoms with van der Waals surface area (Å²) in [6, 6.07) is 7.47. The molecule has 0 aliphatic carbocycles. The molecule has 0 radical (unpaired) electrons. The lowest BCUT2D eigenvalue weighted by Crippen LogP contribution is -2.34. The van der Waals surface area contributed by atoms with Crippen LogP contribution >= 0.6 is 15.9 Å². The van der Waals surface area contributed by atoms with Gasteiger partial charge in [0.15, 0.2) is 6.61 Å². The first-order chi connectivity index (χ1) is 12.9. The van der Waals surface area contributed by atoms with Gasteiger partial charge in [-0.2, -0.15) is 22.0 Å². The molecule has 0 fully saturated rings. The van der Waals surface area contributed by atoms with Gasteiger partial charge < -0.3 is 10.1 Å². The smallest absolute Gasteiger partial charge is 0.416 e. The van der Waals surface area contributed by atoms with Crippen molar-refractivity contribution in [3.63, 3.8) is 0 Å². The van der Waals surface area contributed by atoms with Crippen LogP contribution in [0.3, 0.4) is 0 Å². The zero-order chi connectivity index (χ0) is 21.1. The number of hydrogen-bond acceptors (Lipinski definition) is 2. The van der Waals surface area contributed by atoms with Gasteiger partial charge in [-0.05, 0) is 36.4 Å². The highest BCUT2D eigenvalue weighted by atomic mass is 79.9. The number of benzene rings is 2. The van der Waals surface area contributed by atoms with E-state index < -0.39 is 48.0 Å². The number of alkyl halides is 7. The monoisotopic (exact) mass is 473 g/mol. The number of rotatable bonds is 6. The Morgan fingerprint density at radius 2 is 1.75 bits per heavy atom. The fraction of sp³-hybridized carbons (Fsp3) is 0.235. The molecule has 1 N–H and O–H groups in total. The molecule has 1 amide bonds. The Kier molecular flexibility index (Phi) is 6.58. The quantitative estimate of drug-likeness (QED) is 0.522. The van der Waals surface area contributed by atoms with Crippen LogP contribution in [0.4, 0.5) is 36.4 Å². The third kappa shape index (κ3) is 5.60. The summed E-state index contributed by atoms with van der Waals surface area (Å²) in [7, 11) is 0. The minimum atomic E-state index is -4.79. The molecule has 28 heavy (non-hydrogen) atoms. The molecule has 152 valence electrons. The van der Waals surface area contributed by atoms with Crippen molar-refractivity contribution in [1.82, 2.24) is 0 Å². The van der Waals surface area contributed by atoms with Crippen LogP contribution < -0.4 is 10.1 Å². The zero-order valence-electron chi connectivity index (χ0n) is 13.7. The van der Waals surface area contributed by atoms with E-state index in [4.69, 9.17) is 0 Å². The summed E-state index contributed by atoms with van der Waals surface area (Å²) >= 11 is 3.12. The van der Waals surface area contributed by atoms with Crippen molar-refractivity contribution in [2.24, 2.45) is 0 Å². The normalized spacial score (nSPS) is 12.2. The van der Waals surface area contributed by atoms with Crippen LogP contribution in [0.5, 0.6) is 5.75 Å². The van der Waals surface area contributed by atoms with E-state index in [9.17, 15) is 35.5 Å². The highest BCUT2D eigenvalue weighted by Crippen LogP contribution is 2.36. The van der Waals surface area contributed by atoms with Crippen LogP contribution in [-0.2, 0) is 6.18 Å². The standard InChI is InChI=1S/C17H11BrF7NO2/c18-11-3-1-2-9(6-11)14(27)26-12-7-10(17(23,24)25)4-5-13(12)28-8-16(21,22)15(19)20/h1-7,15H,8H2,(H,26,27). The number of hydrogen-bond donors (Lipinski definition) is 1. The van der Waals surface area contributed by atoms with Crippen molar-refractivity contribution in [3.8, 4) is 5.75 Å². The first kappa shape index (κ1) is 22.0. The van der Waals surface area contributed by atoms with Crippen molar-refractivity contribution in [2.75, 3.05) is 11.9 Å². The molecule has 0 aliphatic heterocycles. The van der Waals surface area contributed by atoms with Gasteiger partial charge in [0.2, 0.25) is 0 Å². The van der Waals surface area contributed by atoms with Crippen molar-refractivity contribution in [1.29, 1.82) is 0 Å². The topological polar surface area (TPSA) is 38.3 Å². The molecule has 0 aliphatic rings. The van der Waals surface area contributed by atoms with Crippen LogP contribution in [0.2, 0.25) is 0 Å². The summed E-state index contributed by atoms with van der Waals surface area (Å²) in [5.74, 6) is -5.99. The van der Waals surface area contributed by atoms with E-state index in [1.165, 1.54) is 18.2 Å². The van der Waals surface area contributed by atoms with Gasteiger partial charge in [-0.15, -0.1) is 0 Å². The average molecular weight is 474 g/mol. The molecule has 0 aromatic heterocycles. The highest BCUT2D eigenvalue weighted by molar-refractivity contribution is 9.10. The van der Waals surface area contributed by atoms with E-state index in [2.05, 4.69) is 26.0 Å². The van der Waals surface area contributed by atoms with E-state index in [0.717, 1.165) is 0 Å². The third-order valence-electron chi connectivity index (χ3n) is 3.38. The number of anilines is 1. The molecule has 0 spiro atoms. The lowest BCUT2D eigenvalue weighted by Gasteiger charge is -2.19. The minimum Gasteiger partial charge on any atom is -0.485 e. The molecule has 0 unspecified atom stereocenters. The Morgan fingerprint density at radius 3 is 2.32 bits per heavy atom. The molecule has 0 saturated carbocycles. The fourth-order valence-electron chi connectivity index (χ4n) is 1.99. The number of carbonyl (C=O) groups is 1. The molecule has 2 aromatic carbocycles. The Bertz CT molecular complexity index is 856. The van der Waals surface area contributed by atoms with Crippen molar-refractivity contribution >= 4 is 27.5 Å². The van der Waals surface area contributed by atoms with Gasteiger partial charge in [-0.1, -0.05) is 22.0 Å². The summed E-state index contributed by atoms with van der Waals surface area (Å²) in [6.45, 7) is -1.78. The summed E-state index contributed by atoms with van der Waals surface area (Å²) < 4.78 is 94.4. The Balaban J connectivity index is 2.33. The van der Waals surface area contributed by atoms with E-state index in [0.29, 0.717) is 22.7 Å². The second-order valence-corrected chi connectivity index (χ2v) is 6.44. The van der Waals surface area contributed by atoms with Crippen molar-refractivity contribution < 1.29 is 40.3 Å². The SMILES string of the molecule is O=C(Nc1cc(C(F)(F)F)ccc1OCC(F)(F)C(F)F)c1cccc(Br)c1. The summed E-state index contributed by atoms with van der Waals surface area (Å²) in [6.07, 6.45) is -8.82. The van der Waals surface area contributed by atoms with E-state index in [1.807, 2.05) is 0 Å². The summed E-state index contributed by atoms with van der Waals surface area (Å²) in [4.78, 5) is 12.3. The first-order valence-corrected chi connectivity index (χ1v) is 8.26. The lowest BCUT2D eigenvalue weighted by atomic mass is 10.1. The van der Waals surface area contributed by atoms with E-state index in [1.54, 1.807) is 6.07 Å². The maximum absolute atomic E-state index is 13.1. The van der Waals surface area contributed by atoms with Gasteiger partial charge in [-0.25, -0.2) is 8.78 Å². The summed E-state index contributed by atoms with van der Waals surface area (Å²) in [5.41, 5.74) is -1.73. The Morgan fingerprint density at radius 1 is 1.07 bits per heavy atom. The van der Waals surface area contributed by atoms with Crippen LogP contribution in [0.25, 0.3) is 0 Å². The third-order valence-corrected chi connectivity index (χ3v) is 3.87. The van der Waals surface area contributed by atoms with Gasteiger partial charge in [0.05, 0.1) is 11.3 Å². The molecule has 2 rings (SSSR count). The van der Waals surface area contributed by atoms with Gasteiger partial charge >= 0.3 is 18.5 Å². The molecular formula is C17H11BrF7NO2. The van der Waals surface area contributed by atoms with E-state index in [-0.39, 0.29) is 5.56 Å². The minimum absolute atomic E-state index is 0.0515. The second kappa shape index (κ2) is 8.38. The first-order valence-electron chi connectivity index (χ1n) is 7.47. The Hall–Kier alpha value is -2.30. The fourth-order valence-corrected chi connectivity index (χ4v) is 2.39. The predicted octanol–water partition coefficient (Wildman–Crippen LogP) is 6.00. The molecule has 0 atom stereocenters. The predicted molar refractivity (Wildman–Crippen MR) is 90.0 cm³/mol. The van der Waals surface area contributed by atoms with Crippen LogP contribution in [0.1, 0.15) is 15.9 Å². The van der Waals surface area contributed by atoms with Gasteiger partial charge in [0, 0.05) is 10.0 Å². The molecular weight excluding hydrogens is 463 g/mol. The van der Waals surface area contributed by atoms with E-state index >= 15 is 0 Å². The average Bonchev–Trinajstić information content (AvgIpc) is 2.59. The van der Waals surface area contributed by atoms with Crippen LogP contribution in [-0.4, -0.2) is 24.9 Å². The van der Waals surface area contributed by atoms with Gasteiger partial charge in [-0.3, -0.25) is 4.79 Å². The number of amides is 1. The molecule has 0 saturated heterocycles. The number of halogens is 8. The zero-order valence-corrected chi connectivity index (χ0v) is 15.3. The number of nitrogens with one attached hydrogen (secondary N) is 1. The Labute approximate surface area is 162 Å². The van der Waals surface area contributed by atoms with Crippen molar-refractivity contribution in [2.45, 2.75) is 18.5 Å². The summed E-state index contributed by atoms with van der Waals surface area (Å²) in [5, 5.41) is 2.11. The van der Waals surface area contributed by atoms with Crippen molar-refractivity contribution in [3.05, 3.63) is 58.1 Å². The molecule has 2 aromatic rings.